The number of halogens is 2. The Morgan fingerprint density at radius 3 is 2.63 bits per heavy atom. The van der Waals surface area contributed by atoms with Crippen molar-refractivity contribution in [2.24, 2.45) is 5.92 Å². The molecule has 150 valence electrons. The van der Waals surface area contributed by atoms with Crippen molar-refractivity contribution in [3.63, 3.8) is 0 Å². The normalized spacial score (nSPS) is 11.7. The number of aryl methyl sites for hydroxylation is 1. The molecule has 27 heavy (non-hydrogen) atoms. The van der Waals surface area contributed by atoms with Crippen molar-refractivity contribution in [3.8, 4) is 11.3 Å². The SMILES string of the molecule is CNCC(C)C(=O)N(C)CCCCCc1cc(-c2ccc(F)cc2)n[nH]1.Cl. The topological polar surface area (TPSA) is 61.0 Å². The van der Waals surface area contributed by atoms with Gasteiger partial charge in [0.15, 0.2) is 0 Å². The number of unbranched alkanes of at least 4 members (excludes halogenated alkanes) is 2. The lowest BCUT2D eigenvalue weighted by atomic mass is 10.1. The predicted octanol–water partition coefficient (Wildman–Crippen LogP) is 3.66. The van der Waals surface area contributed by atoms with Gasteiger partial charge in [0.25, 0.3) is 0 Å². The number of carbonyl (C=O) groups excluding carboxylic acids is 1. The van der Waals surface area contributed by atoms with Crippen molar-refractivity contribution < 1.29 is 9.18 Å². The van der Waals surface area contributed by atoms with Gasteiger partial charge in [0.05, 0.1) is 5.69 Å². The summed E-state index contributed by atoms with van der Waals surface area (Å²) < 4.78 is 13.0. The Labute approximate surface area is 167 Å². The minimum absolute atomic E-state index is 0. The summed E-state index contributed by atoms with van der Waals surface area (Å²) in [4.78, 5) is 14.0. The van der Waals surface area contributed by atoms with Crippen LogP contribution in [0.1, 0.15) is 31.9 Å². The summed E-state index contributed by atoms with van der Waals surface area (Å²) in [5.74, 6) is -0.0370. The summed E-state index contributed by atoms with van der Waals surface area (Å²) in [5.41, 5.74) is 2.82. The number of hydrogen-bond acceptors (Lipinski definition) is 3. The van der Waals surface area contributed by atoms with Crippen LogP contribution in [0.2, 0.25) is 0 Å². The molecule has 0 spiro atoms. The van der Waals surface area contributed by atoms with Crippen molar-refractivity contribution in [1.82, 2.24) is 20.4 Å². The van der Waals surface area contributed by atoms with Crippen LogP contribution >= 0.6 is 12.4 Å². The molecule has 1 atom stereocenters. The van der Waals surface area contributed by atoms with Crippen LogP contribution in [0.5, 0.6) is 0 Å². The van der Waals surface area contributed by atoms with Crippen LogP contribution in [0.4, 0.5) is 4.39 Å². The first kappa shape index (κ1) is 23.1. The van der Waals surface area contributed by atoms with Crippen molar-refractivity contribution >= 4 is 18.3 Å². The highest BCUT2D eigenvalue weighted by Crippen LogP contribution is 2.19. The van der Waals surface area contributed by atoms with E-state index in [1.165, 1.54) is 12.1 Å². The summed E-state index contributed by atoms with van der Waals surface area (Å²) >= 11 is 0. The van der Waals surface area contributed by atoms with Crippen molar-refractivity contribution in [2.45, 2.75) is 32.6 Å². The molecular formula is C20H30ClFN4O. The Hall–Kier alpha value is -1.92. The van der Waals surface area contributed by atoms with Crippen LogP contribution < -0.4 is 5.32 Å². The summed E-state index contributed by atoms with van der Waals surface area (Å²) in [5, 5.41) is 10.4. The first-order valence-corrected chi connectivity index (χ1v) is 9.21. The molecule has 0 fully saturated rings. The van der Waals surface area contributed by atoms with Gasteiger partial charge in [-0.1, -0.05) is 13.3 Å². The van der Waals surface area contributed by atoms with E-state index in [-0.39, 0.29) is 30.0 Å². The number of carbonyl (C=O) groups is 1. The lowest BCUT2D eigenvalue weighted by Crippen LogP contribution is -2.36. The third-order valence-corrected chi connectivity index (χ3v) is 4.52. The zero-order chi connectivity index (χ0) is 18.9. The molecule has 0 aliphatic carbocycles. The third-order valence-electron chi connectivity index (χ3n) is 4.52. The van der Waals surface area contributed by atoms with E-state index in [1.807, 2.05) is 32.0 Å². The number of amides is 1. The maximum atomic E-state index is 13.0. The van der Waals surface area contributed by atoms with E-state index in [2.05, 4.69) is 15.5 Å². The Balaban J connectivity index is 0.00000364. The zero-order valence-corrected chi connectivity index (χ0v) is 17.1. The molecule has 1 heterocycles. The number of benzene rings is 1. The lowest BCUT2D eigenvalue weighted by molar-refractivity contribution is -0.133. The molecule has 0 saturated heterocycles. The highest BCUT2D eigenvalue weighted by Gasteiger charge is 2.15. The highest BCUT2D eigenvalue weighted by atomic mass is 35.5. The molecular weight excluding hydrogens is 367 g/mol. The van der Waals surface area contributed by atoms with Gasteiger partial charge in [-0.3, -0.25) is 9.89 Å². The van der Waals surface area contributed by atoms with E-state index in [0.717, 1.165) is 49.2 Å². The van der Waals surface area contributed by atoms with E-state index in [9.17, 15) is 9.18 Å². The second-order valence-electron chi connectivity index (χ2n) is 6.81. The van der Waals surface area contributed by atoms with Crippen LogP contribution in [0.3, 0.4) is 0 Å². The molecule has 1 aromatic heterocycles. The van der Waals surface area contributed by atoms with E-state index < -0.39 is 0 Å². The maximum Gasteiger partial charge on any atom is 0.226 e. The largest absolute Gasteiger partial charge is 0.345 e. The zero-order valence-electron chi connectivity index (χ0n) is 16.3. The van der Waals surface area contributed by atoms with Gasteiger partial charge < -0.3 is 10.2 Å². The van der Waals surface area contributed by atoms with Gasteiger partial charge in [-0.25, -0.2) is 4.39 Å². The molecule has 2 N–H and O–H groups in total. The molecule has 2 rings (SSSR count). The summed E-state index contributed by atoms with van der Waals surface area (Å²) in [6, 6.07) is 8.37. The van der Waals surface area contributed by atoms with Crippen LogP contribution in [-0.2, 0) is 11.2 Å². The molecule has 0 saturated carbocycles. The van der Waals surface area contributed by atoms with Gasteiger partial charge in [-0.2, -0.15) is 5.10 Å². The molecule has 0 radical (unpaired) electrons. The molecule has 2 aromatic rings. The Morgan fingerprint density at radius 1 is 1.26 bits per heavy atom. The fourth-order valence-corrected chi connectivity index (χ4v) is 2.98. The van der Waals surface area contributed by atoms with Crippen molar-refractivity contribution in [3.05, 3.63) is 41.8 Å². The fourth-order valence-electron chi connectivity index (χ4n) is 2.98. The van der Waals surface area contributed by atoms with Crippen LogP contribution in [0.25, 0.3) is 11.3 Å². The number of rotatable bonds is 10. The predicted molar refractivity (Wildman–Crippen MR) is 110 cm³/mol. The molecule has 1 aromatic carbocycles. The minimum Gasteiger partial charge on any atom is -0.345 e. The monoisotopic (exact) mass is 396 g/mol. The second-order valence-corrected chi connectivity index (χ2v) is 6.81. The smallest absolute Gasteiger partial charge is 0.226 e. The average Bonchev–Trinajstić information content (AvgIpc) is 3.10. The van der Waals surface area contributed by atoms with Crippen LogP contribution in [-0.4, -0.2) is 48.2 Å². The van der Waals surface area contributed by atoms with Gasteiger partial charge in [0.2, 0.25) is 5.91 Å². The standard InChI is InChI=1S/C20H29FN4O.ClH/c1-15(14-22-2)20(26)25(3)12-6-4-5-7-18-13-19(24-23-18)16-8-10-17(21)11-9-16;/h8-11,13,15,22H,4-7,12,14H2,1-3H3,(H,23,24);1H. The minimum atomic E-state index is -0.242. The first-order chi connectivity index (χ1) is 12.5. The van der Waals surface area contributed by atoms with Gasteiger partial charge >= 0.3 is 0 Å². The number of aromatic nitrogens is 2. The Morgan fingerprint density at radius 2 is 1.96 bits per heavy atom. The average molecular weight is 397 g/mol. The van der Waals surface area contributed by atoms with E-state index >= 15 is 0 Å². The number of H-pyrrole nitrogens is 1. The summed E-state index contributed by atoms with van der Waals surface area (Å²) in [6.45, 7) is 3.45. The molecule has 0 aliphatic rings. The molecule has 7 heteroatoms. The highest BCUT2D eigenvalue weighted by molar-refractivity contribution is 5.85. The quantitative estimate of drug-likeness (QED) is 0.602. The maximum absolute atomic E-state index is 13.0. The van der Waals surface area contributed by atoms with E-state index in [4.69, 9.17) is 0 Å². The van der Waals surface area contributed by atoms with Gasteiger partial charge in [-0.15, -0.1) is 12.4 Å². The number of nitrogens with zero attached hydrogens (tertiary/aromatic N) is 2. The number of aromatic amines is 1. The fraction of sp³-hybridized carbons (Fsp3) is 0.500. The molecule has 5 nitrogen and oxygen atoms in total. The molecule has 0 bridgehead atoms. The van der Waals surface area contributed by atoms with Crippen molar-refractivity contribution in [2.75, 3.05) is 27.2 Å². The van der Waals surface area contributed by atoms with E-state index in [0.29, 0.717) is 6.54 Å². The molecule has 0 aliphatic heterocycles. The molecule has 1 amide bonds. The van der Waals surface area contributed by atoms with Gasteiger partial charge in [0, 0.05) is 37.3 Å². The summed E-state index contributed by atoms with van der Waals surface area (Å²) in [6.07, 6.45) is 4.01. The molecule has 1 unspecified atom stereocenters. The third kappa shape index (κ3) is 7.31. The van der Waals surface area contributed by atoms with Crippen molar-refractivity contribution in [1.29, 1.82) is 0 Å². The van der Waals surface area contributed by atoms with Gasteiger partial charge in [0.1, 0.15) is 5.82 Å². The number of hydrogen-bond donors (Lipinski definition) is 2. The number of nitrogens with one attached hydrogen (secondary N) is 2. The first-order valence-electron chi connectivity index (χ1n) is 9.21. The Kier molecular flexibility index (Phi) is 10.0. The van der Waals surface area contributed by atoms with Gasteiger partial charge in [-0.05, 0) is 56.6 Å². The van der Waals surface area contributed by atoms with E-state index in [1.54, 1.807) is 12.1 Å². The second kappa shape index (κ2) is 11.7. The summed E-state index contributed by atoms with van der Waals surface area (Å²) in [7, 11) is 3.74. The van der Waals surface area contributed by atoms with Crippen LogP contribution in [0, 0.1) is 11.7 Å². The Bertz CT molecular complexity index is 690. The lowest BCUT2D eigenvalue weighted by Gasteiger charge is -2.21. The van der Waals surface area contributed by atoms with Crippen LogP contribution in [0.15, 0.2) is 30.3 Å².